The summed E-state index contributed by atoms with van der Waals surface area (Å²) >= 11 is 0. The highest BCUT2D eigenvalue weighted by molar-refractivity contribution is 5.79. The zero-order chi connectivity index (χ0) is 18.9. The Balaban J connectivity index is 2.11. The van der Waals surface area contributed by atoms with E-state index in [1.54, 1.807) is 25.3 Å². The van der Waals surface area contributed by atoms with Gasteiger partial charge in [0, 0.05) is 31.3 Å². The number of ether oxygens (including phenoxy) is 1. The lowest BCUT2D eigenvalue weighted by Gasteiger charge is -2.23. The van der Waals surface area contributed by atoms with Gasteiger partial charge in [-0.25, -0.2) is 4.39 Å². The number of nitrogens with zero attached hydrogens (tertiary/aromatic N) is 2. The lowest BCUT2D eigenvalue weighted by atomic mass is 10.1. The molecule has 0 heterocycles. The van der Waals surface area contributed by atoms with E-state index in [-0.39, 0.29) is 12.1 Å². The Morgan fingerprint density at radius 2 is 1.92 bits per heavy atom. The fourth-order valence-electron chi connectivity index (χ4n) is 2.65. The molecule has 2 aromatic rings. The number of aliphatic imine (C=N–C) groups is 1. The first kappa shape index (κ1) is 19.7. The largest absolute Gasteiger partial charge is 0.496 e. The number of para-hydroxylation sites is 1. The highest BCUT2D eigenvalue weighted by Crippen LogP contribution is 2.19. The molecule has 140 valence electrons. The molecule has 0 aromatic heterocycles. The van der Waals surface area contributed by atoms with Crippen LogP contribution in [0.25, 0.3) is 0 Å². The molecule has 0 amide bonds. The number of hydrogen-bond donors (Lipinski definition) is 2. The number of rotatable bonds is 7. The van der Waals surface area contributed by atoms with Crippen LogP contribution in [0.15, 0.2) is 53.5 Å². The summed E-state index contributed by atoms with van der Waals surface area (Å²) in [7, 11) is 3.55. The number of hydrogen-bond acceptors (Lipinski definition) is 3. The van der Waals surface area contributed by atoms with Crippen molar-refractivity contribution in [2.45, 2.75) is 19.6 Å². The molecule has 1 unspecified atom stereocenters. The van der Waals surface area contributed by atoms with Crippen molar-refractivity contribution in [1.82, 2.24) is 10.2 Å². The zero-order valence-corrected chi connectivity index (χ0v) is 15.4. The summed E-state index contributed by atoms with van der Waals surface area (Å²) in [5.41, 5.74) is 1.28. The number of benzene rings is 2. The predicted octanol–water partition coefficient (Wildman–Crippen LogP) is 2.97. The van der Waals surface area contributed by atoms with Crippen molar-refractivity contribution < 1.29 is 14.2 Å². The van der Waals surface area contributed by atoms with Crippen LogP contribution in [0, 0.1) is 5.82 Å². The maximum atomic E-state index is 13.8. The predicted molar refractivity (Wildman–Crippen MR) is 102 cm³/mol. The van der Waals surface area contributed by atoms with Crippen LogP contribution in [0.3, 0.4) is 0 Å². The second-order valence-corrected chi connectivity index (χ2v) is 5.90. The molecule has 2 rings (SSSR count). The molecule has 0 aliphatic heterocycles. The van der Waals surface area contributed by atoms with Crippen LogP contribution in [0.2, 0.25) is 0 Å². The van der Waals surface area contributed by atoms with Crippen LogP contribution < -0.4 is 10.1 Å². The van der Waals surface area contributed by atoms with Crippen molar-refractivity contribution in [2.24, 2.45) is 4.99 Å². The first-order valence-corrected chi connectivity index (χ1v) is 8.60. The molecular weight excluding hydrogens is 333 g/mol. The van der Waals surface area contributed by atoms with Gasteiger partial charge in [-0.1, -0.05) is 36.4 Å². The van der Waals surface area contributed by atoms with E-state index in [2.05, 4.69) is 10.3 Å². The topological polar surface area (TPSA) is 57.1 Å². The SMILES string of the molecule is CCNC(=NCC(O)c1ccccc1F)N(C)Cc1ccccc1OC. The highest BCUT2D eigenvalue weighted by Gasteiger charge is 2.14. The van der Waals surface area contributed by atoms with Gasteiger partial charge in [0.05, 0.1) is 13.7 Å². The average Bonchev–Trinajstić information content (AvgIpc) is 2.65. The van der Waals surface area contributed by atoms with Crippen LogP contribution in [0.5, 0.6) is 5.75 Å². The molecule has 26 heavy (non-hydrogen) atoms. The molecule has 0 fully saturated rings. The van der Waals surface area contributed by atoms with Gasteiger partial charge in [0.25, 0.3) is 0 Å². The maximum absolute atomic E-state index is 13.8. The van der Waals surface area contributed by atoms with E-state index >= 15 is 0 Å². The standard InChI is InChI=1S/C20H26FN3O2/c1-4-22-20(23-13-18(25)16-10-6-7-11-17(16)21)24(2)14-15-9-5-8-12-19(15)26-3/h5-12,18,25H,4,13-14H2,1-3H3,(H,22,23). The average molecular weight is 359 g/mol. The lowest BCUT2D eigenvalue weighted by molar-refractivity contribution is 0.181. The summed E-state index contributed by atoms with van der Waals surface area (Å²) < 4.78 is 19.2. The normalized spacial score (nSPS) is 12.6. The molecule has 0 radical (unpaired) electrons. The van der Waals surface area contributed by atoms with Crippen LogP contribution >= 0.6 is 0 Å². The van der Waals surface area contributed by atoms with Gasteiger partial charge >= 0.3 is 0 Å². The zero-order valence-electron chi connectivity index (χ0n) is 15.4. The van der Waals surface area contributed by atoms with Crippen molar-refractivity contribution in [3.8, 4) is 5.75 Å². The Bertz CT molecular complexity index is 737. The lowest BCUT2D eigenvalue weighted by Crippen LogP contribution is -2.38. The van der Waals surface area contributed by atoms with Gasteiger partial charge in [0.2, 0.25) is 0 Å². The molecule has 0 aliphatic carbocycles. The second kappa shape index (κ2) is 9.77. The minimum Gasteiger partial charge on any atom is -0.496 e. The molecule has 6 heteroatoms. The third kappa shape index (κ3) is 5.20. The first-order valence-electron chi connectivity index (χ1n) is 8.60. The minimum atomic E-state index is -0.996. The Morgan fingerprint density at radius 1 is 1.23 bits per heavy atom. The van der Waals surface area contributed by atoms with Crippen LogP contribution in [-0.2, 0) is 6.54 Å². The van der Waals surface area contributed by atoms with E-state index in [4.69, 9.17) is 4.74 Å². The van der Waals surface area contributed by atoms with Crippen molar-refractivity contribution in [2.75, 3.05) is 27.2 Å². The van der Waals surface area contributed by atoms with E-state index in [1.165, 1.54) is 6.07 Å². The Hall–Kier alpha value is -2.60. The van der Waals surface area contributed by atoms with Gasteiger partial charge in [-0.2, -0.15) is 0 Å². The van der Waals surface area contributed by atoms with E-state index in [9.17, 15) is 9.50 Å². The molecule has 0 aliphatic rings. The first-order chi connectivity index (χ1) is 12.6. The monoisotopic (exact) mass is 359 g/mol. The van der Waals surface area contributed by atoms with E-state index in [0.717, 1.165) is 11.3 Å². The van der Waals surface area contributed by atoms with Crippen LogP contribution in [0.4, 0.5) is 4.39 Å². The van der Waals surface area contributed by atoms with Crippen LogP contribution in [0.1, 0.15) is 24.2 Å². The number of guanidine groups is 1. The molecule has 0 spiro atoms. The third-order valence-electron chi connectivity index (χ3n) is 3.97. The van der Waals surface area contributed by atoms with E-state index in [1.807, 2.05) is 43.1 Å². The number of methoxy groups -OCH3 is 1. The summed E-state index contributed by atoms with van der Waals surface area (Å²) in [5.74, 6) is 1.01. The summed E-state index contributed by atoms with van der Waals surface area (Å²) in [6, 6.07) is 14.0. The Labute approximate surface area is 154 Å². The Kier molecular flexibility index (Phi) is 7.41. The molecule has 0 saturated carbocycles. The van der Waals surface area contributed by atoms with Crippen molar-refractivity contribution in [3.05, 3.63) is 65.5 Å². The minimum absolute atomic E-state index is 0.0690. The molecule has 2 N–H and O–H groups in total. The second-order valence-electron chi connectivity index (χ2n) is 5.90. The quantitative estimate of drug-likeness (QED) is 0.589. The molecule has 0 bridgehead atoms. The van der Waals surface area contributed by atoms with Gasteiger partial charge in [0.1, 0.15) is 17.7 Å². The van der Waals surface area contributed by atoms with Crippen molar-refractivity contribution >= 4 is 5.96 Å². The Morgan fingerprint density at radius 3 is 2.62 bits per heavy atom. The van der Waals surface area contributed by atoms with Gasteiger partial charge in [0.15, 0.2) is 5.96 Å². The number of aliphatic hydroxyl groups excluding tert-OH is 1. The van der Waals surface area contributed by atoms with Crippen molar-refractivity contribution in [1.29, 1.82) is 0 Å². The van der Waals surface area contributed by atoms with Crippen molar-refractivity contribution in [3.63, 3.8) is 0 Å². The maximum Gasteiger partial charge on any atom is 0.194 e. The number of nitrogens with one attached hydrogen (secondary N) is 1. The summed E-state index contributed by atoms with van der Waals surface area (Å²) in [5, 5.41) is 13.5. The van der Waals surface area contributed by atoms with Gasteiger partial charge in [-0.15, -0.1) is 0 Å². The fraction of sp³-hybridized carbons (Fsp3) is 0.350. The molecule has 0 saturated heterocycles. The van der Waals surface area contributed by atoms with Crippen LogP contribution in [-0.4, -0.2) is 43.2 Å². The molecule has 2 aromatic carbocycles. The number of aliphatic hydroxyl groups is 1. The highest BCUT2D eigenvalue weighted by atomic mass is 19.1. The van der Waals surface area contributed by atoms with Gasteiger partial charge in [-0.05, 0) is 19.1 Å². The fourth-order valence-corrected chi connectivity index (χ4v) is 2.65. The molecule has 1 atom stereocenters. The summed E-state index contributed by atoms with van der Waals surface area (Å²) in [6.07, 6.45) is -0.996. The van der Waals surface area contributed by atoms with E-state index < -0.39 is 11.9 Å². The summed E-state index contributed by atoms with van der Waals surface area (Å²) in [6.45, 7) is 3.32. The summed E-state index contributed by atoms with van der Waals surface area (Å²) in [4.78, 5) is 6.40. The molecule has 5 nitrogen and oxygen atoms in total. The number of halogens is 1. The van der Waals surface area contributed by atoms with Gasteiger partial charge in [-0.3, -0.25) is 4.99 Å². The third-order valence-corrected chi connectivity index (χ3v) is 3.97. The van der Waals surface area contributed by atoms with E-state index in [0.29, 0.717) is 19.0 Å². The smallest absolute Gasteiger partial charge is 0.194 e. The molecular formula is C20H26FN3O2. The van der Waals surface area contributed by atoms with Gasteiger partial charge < -0.3 is 20.1 Å².